The Morgan fingerprint density at radius 1 is 1.13 bits per heavy atom. The fourth-order valence-electron chi connectivity index (χ4n) is 4.94. The van der Waals surface area contributed by atoms with Crippen LogP contribution in [0.4, 0.5) is 5.69 Å². The number of benzene rings is 2. The van der Waals surface area contributed by atoms with Crippen LogP contribution >= 0.6 is 0 Å². The first-order chi connectivity index (χ1) is 14.8. The van der Waals surface area contributed by atoms with E-state index < -0.39 is 0 Å². The van der Waals surface area contributed by atoms with Crippen LogP contribution < -0.4 is 15.8 Å². The molecule has 0 atom stereocenters. The van der Waals surface area contributed by atoms with Crippen molar-refractivity contribution in [2.45, 2.75) is 45.6 Å². The summed E-state index contributed by atoms with van der Waals surface area (Å²) in [6, 6.07) is 9.87. The predicted molar refractivity (Wildman–Crippen MR) is 126 cm³/mol. The molecule has 1 aliphatic heterocycles. The van der Waals surface area contributed by atoms with Crippen molar-refractivity contribution in [3.05, 3.63) is 64.4 Å². The summed E-state index contributed by atoms with van der Waals surface area (Å²) in [7, 11) is 0. The highest BCUT2D eigenvalue weighted by molar-refractivity contribution is 6.20. The molecule has 5 heteroatoms. The average molecular weight is 416 g/mol. The molecule has 0 saturated heterocycles. The average Bonchev–Trinajstić information content (AvgIpc) is 3.12. The number of nitrogens with one attached hydrogen (secondary N) is 2. The number of aromatic amines is 1. The molecule has 2 aromatic carbocycles. The second kappa shape index (κ2) is 6.99. The minimum absolute atomic E-state index is 0.0492. The maximum Gasteiger partial charge on any atom is 0.195 e. The number of H-pyrrole nitrogens is 1. The molecular formula is C26H29N3O2. The SMILES string of the molecule is CC(C)Oc1cc2c(cc1C1=CCNCC1)C(=O)c1c([nH]c3cc(N)ccc13)C2(C)C. The van der Waals surface area contributed by atoms with Crippen LogP contribution in [0.5, 0.6) is 5.75 Å². The van der Waals surface area contributed by atoms with Crippen molar-refractivity contribution in [1.29, 1.82) is 0 Å². The molecule has 4 N–H and O–H groups in total. The van der Waals surface area contributed by atoms with Crippen molar-refractivity contribution in [3.63, 3.8) is 0 Å². The third-order valence-corrected chi connectivity index (χ3v) is 6.48. The van der Waals surface area contributed by atoms with E-state index in [-0.39, 0.29) is 17.3 Å². The number of hydrogen-bond acceptors (Lipinski definition) is 4. The minimum atomic E-state index is -0.373. The Labute approximate surface area is 182 Å². The lowest BCUT2D eigenvalue weighted by molar-refractivity contribution is 0.103. The lowest BCUT2D eigenvalue weighted by Crippen LogP contribution is -2.31. The van der Waals surface area contributed by atoms with E-state index in [0.717, 1.165) is 64.1 Å². The predicted octanol–water partition coefficient (Wildman–Crippen LogP) is 4.78. The fraction of sp³-hybridized carbons (Fsp3) is 0.346. The van der Waals surface area contributed by atoms with E-state index in [2.05, 4.69) is 42.4 Å². The van der Waals surface area contributed by atoms with Crippen molar-refractivity contribution in [2.75, 3.05) is 18.8 Å². The topological polar surface area (TPSA) is 80.1 Å². The second-order valence-corrected chi connectivity index (χ2v) is 9.38. The van der Waals surface area contributed by atoms with Gasteiger partial charge in [-0.1, -0.05) is 26.0 Å². The van der Waals surface area contributed by atoms with Crippen LogP contribution in [0.2, 0.25) is 0 Å². The smallest absolute Gasteiger partial charge is 0.195 e. The Balaban J connectivity index is 1.76. The van der Waals surface area contributed by atoms with Crippen molar-refractivity contribution < 1.29 is 9.53 Å². The molecule has 1 aromatic heterocycles. The molecule has 1 aliphatic carbocycles. The second-order valence-electron chi connectivity index (χ2n) is 9.38. The minimum Gasteiger partial charge on any atom is -0.490 e. The molecule has 0 unspecified atom stereocenters. The molecule has 2 heterocycles. The first-order valence-corrected chi connectivity index (χ1v) is 11.0. The Morgan fingerprint density at radius 3 is 2.65 bits per heavy atom. The van der Waals surface area contributed by atoms with Gasteiger partial charge in [-0.25, -0.2) is 0 Å². The zero-order valence-electron chi connectivity index (χ0n) is 18.6. The lowest BCUT2D eigenvalue weighted by atomic mass is 9.70. The summed E-state index contributed by atoms with van der Waals surface area (Å²) in [6.07, 6.45) is 3.17. The Kier molecular flexibility index (Phi) is 4.48. The molecular weight excluding hydrogens is 386 g/mol. The zero-order chi connectivity index (χ0) is 21.9. The molecule has 0 fully saturated rings. The number of anilines is 1. The van der Waals surface area contributed by atoms with Gasteiger partial charge >= 0.3 is 0 Å². The molecule has 2 aliphatic rings. The highest BCUT2D eigenvalue weighted by Gasteiger charge is 2.40. The van der Waals surface area contributed by atoms with E-state index in [4.69, 9.17) is 10.5 Å². The van der Waals surface area contributed by atoms with E-state index in [1.165, 1.54) is 5.57 Å². The molecule has 0 saturated carbocycles. The quantitative estimate of drug-likeness (QED) is 0.538. The van der Waals surface area contributed by atoms with Gasteiger partial charge in [-0.3, -0.25) is 4.79 Å². The zero-order valence-corrected chi connectivity index (χ0v) is 18.6. The van der Waals surface area contributed by atoms with E-state index in [1.54, 1.807) is 0 Å². The number of nitrogens with two attached hydrogens (primary N) is 1. The number of carbonyl (C=O) groups is 1. The van der Waals surface area contributed by atoms with Gasteiger partial charge in [-0.15, -0.1) is 0 Å². The van der Waals surface area contributed by atoms with Gasteiger partial charge < -0.3 is 20.8 Å². The van der Waals surface area contributed by atoms with Crippen molar-refractivity contribution in [2.24, 2.45) is 0 Å². The first kappa shape index (κ1) is 19.9. The van der Waals surface area contributed by atoms with Gasteiger partial charge in [0.05, 0.1) is 11.7 Å². The summed E-state index contributed by atoms with van der Waals surface area (Å²) in [5.74, 6) is 0.916. The molecule has 5 rings (SSSR count). The number of ketones is 1. The van der Waals surface area contributed by atoms with E-state index >= 15 is 0 Å². The van der Waals surface area contributed by atoms with Gasteiger partial charge in [-0.05, 0) is 62.2 Å². The van der Waals surface area contributed by atoms with Crippen LogP contribution in [0.1, 0.15) is 66.9 Å². The van der Waals surface area contributed by atoms with Gasteiger partial charge in [-0.2, -0.15) is 0 Å². The molecule has 0 bridgehead atoms. The third-order valence-electron chi connectivity index (χ3n) is 6.48. The number of rotatable bonds is 3. The summed E-state index contributed by atoms with van der Waals surface area (Å²) in [6.45, 7) is 10.2. The van der Waals surface area contributed by atoms with Crippen LogP contribution in [-0.4, -0.2) is 30.0 Å². The molecule has 5 nitrogen and oxygen atoms in total. The normalized spacial score (nSPS) is 17.5. The Hall–Kier alpha value is -3.05. The monoisotopic (exact) mass is 415 g/mol. The van der Waals surface area contributed by atoms with E-state index in [1.807, 2.05) is 32.0 Å². The molecule has 3 aromatic rings. The Bertz CT molecular complexity index is 1250. The summed E-state index contributed by atoms with van der Waals surface area (Å²) in [5, 5.41) is 4.29. The molecule has 0 spiro atoms. The summed E-state index contributed by atoms with van der Waals surface area (Å²) < 4.78 is 6.26. The van der Waals surface area contributed by atoms with Crippen molar-refractivity contribution >= 4 is 27.9 Å². The van der Waals surface area contributed by atoms with Crippen LogP contribution in [0.15, 0.2) is 36.4 Å². The summed E-state index contributed by atoms with van der Waals surface area (Å²) in [5.41, 5.74) is 12.9. The van der Waals surface area contributed by atoms with E-state index in [9.17, 15) is 4.79 Å². The Morgan fingerprint density at radius 2 is 1.94 bits per heavy atom. The number of hydrogen-bond donors (Lipinski definition) is 3. The summed E-state index contributed by atoms with van der Waals surface area (Å²) >= 11 is 0. The fourth-order valence-corrected chi connectivity index (χ4v) is 4.94. The van der Waals surface area contributed by atoms with Crippen LogP contribution in [-0.2, 0) is 5.41 Å². The highest BCUT2D eigenvalue weighted by Crippen LogP contribution is 2.46. The standard InChI is InChI=1S/C26H29N3O2/c1-14(2)31-22-13-20-19(12-18(22)15-7-9-28-10-8-15)24(30)23-17-6-5-16(27)11-21(17)29-25(23)26(20,3)4/h5-7,11-14,28-29H,8-10,27H2,1-4H3. The van der Waals surface area contributed by atoms with Gasteiger partial charge in [0.2, 0.25) is 0 Å². The van der Waals surface area contributed by atoms with E-state index in [0.29, 0.717) is 5.69 Å². The first-order valence-electron chi connectivity index (χ1n) is 11.0. The lowest BCUT2D eigenvalue weighted by Gasteiger charge is -2.33. The molecule has 0 radical (unpaired) electrons. The largest absolute Gasteiger partial charge is 0.490 e. The van der Waals surface area contributed by atoms with Gasteiger partial charge in [0, 0.05) is 45.4 Å². The maximum absolute atomic E-state index is 13.8. The van der Waals surface area contributed by atoms with Gasteiger partial charge in [0.15, 0.2) is 5.78 Å². The van der Waals surface area contributed by atoms with Crippen LogP contribution in [0.3, 0.4) is 0 Å². The van der Waals surface area contributed by atoms with Crippen molar-refractivity contribution in [1.82, 2.24) is 10.3 Å². The van der Waals surface area contributed by atoms with Crippen LogP contribution in [0.25, 0.3) is 16.5 Å². The van der Waals surface area contributed by atoms with Gasteiger partial charge in [0.25, 0.3) is 0 Å². The number of fused-ring (bicyclic) bond motifs is 4. The molecule has 31 heavy (non-hydrogen) atoms. The summed E-state index contributed by atoms with van der Waals surface area (Å²) in [4.78, 5) is 17.3. The van der Waals surface area contributed by atoms with Crippen molar-refractivity contribution in [3.8, 4) is 5.75 Å². The molecule has 160 valence electrons. The third kappa shape index (κ3) is 3.07. The number of ether oxygens (including phenoxy) is 1. The number of carbonyl (C=O) groups excluding carboxylic acids is 1. The number of aromatic nitrogens is 1. The highest BCUT2D eigenvalue weighted by atomic mass is 16.5. The molecule has 0 amide bonds. The van der Waals surface area contributed by atoms with Crippen LogP contribution in [0, 0.1) is 0 Å². The number of nitrogen functional groups attached to an aromatic ring is 1. The van der Waals surface area contributed by atoms with Gasteiger partial charge in [0.1, 0.15) is 5.75 Å². The maximum atomic E-state index is 13.8.